The fourth-order valence-electron chi connectivity index (χ4n) is 8.31. The number of rotatable bonds is 12. The van der Waals surface area contributed by atoms with Gasteiger partial charge in [0, 0.05) is 62.9 Å². The van der Waals surface area contributed by atoms with Gasteiger partial charge in [-0.25, -0.2) is 9.48 Å². The maximum Gasteiger partial charge on any atom is 0.357 e. The highest BCUT2D eigenvalue weighted by atomic mass is 16.7. The van der Waals surface area contributed by atoms with Gasteiger partial charge in [-0.05, 0) is 81.5 Å². The van der Waals surface area contributed by atoms with Crippen molar-refractivity contribution in [3.05, 3.63) is 89.7 Å². The topological polar surface area (TPSA) is 135 Å². The van der Waals surface area contributed by atoms with Gasteiger partial charge in [0.1, 0.15) is 24.2 Å². The van der Waals surface area contributed by atoms with E-state index in [1.165, 1.54) is 6.42 Å². The van der Waals surface area contributed by atoms with Gasteiger partial charge < -0.3 is 29.4 Å². The van der Waals surface area contributed by atoms with Crippen molar-refractivity contribution < 1.29 is 23.9 Å². The first kappa shape index (κ1) is 40.1. The summed E-state index contributed by atoms with van der Waals surface area (Å²) in [6.45, 7) is 15.1. The Balaban J connectivity index is 1.00. The molecule has 15 heteroatoms. The van der Waals surface area contributed by atoms with Crippen molar-refractivity contribution in [3.8, 4) is 17.2 Å². The van der Waals surface area contributed by atoms with Gasteiger partial charge in [0.2, 0.25) is 5.95 Å². The smallest absolute Gasteiger partial charge is 0.357 e. The van der Waals surface area contributed by atoms with E-state index >= 15 is 0 Å². The molecule has 3 atom stereocenters. The third-order valence-electron chi connectivity index (χ3n) is 11.8. The van der Waals surface area contributed by atoms with E-state index in [1.807, 2.05) is 92.0 Å². The summed E-state index contributed by atoms with van der Waals surface area (Å²) in [5.41, 5.74) is 3.68. The van der Waals surface area contributed by atoms with Crippen LogP contribution < -0.4 is 24.8 Å². The first-order chi connectivity index (χ1) is 28.6. The number of aromatic nitrogens is 5. The summed E-state index contributed by atoms with van der Waals surface area (Å²) in [6.07, 6.45) is 6.44. The molecule has 0 bridgehead atoms. The standard InChI is InChI=1S/C44H56N10O5/c1-31-11-8-9-20-51(31)42-47-46-40-19-16-34(29-52(40)42)59-38-18-17-37(35-14-6-7-15-36(35)38)45-43(56)54(58-30-55)41-28-39(44(2,3)4)48-53(41)32-12-10-13-33(27-32)57-26-25-50-23-21-49(5)22-24-50/h6-7,10,12-16,19,27-31,37-38H,8-9,11,17-18,20-26H2,1-5H3,(H,45,56)/t31-,37-,38+/m0/s1. The van der Waals surface area contributed by atoms with Gasteiger partial charge >= 0.3 is 12.5 Å². The van der Waals surface area contributed by atoms with Crippen LogP contribution in [0.4, 0.5) is 16.6 Å². The molecule has 0 radical (unpaired) electrons. The lowest BCUT2D eigenvalue weighted by atomic mass is 9.85. The highest BCUT2D eigenvalue weighted by molar-refractivity contribution is 5.90. The van der Waals surface area contributed by atoms with Crippen LogP contribution in [0.2, 0.25) is 0 Å². The molecule has 0 unspecified atom stereocenters. The first-order valence-electron chi connectivity index (χ1n) is 20.9. The van der Waals surface area contributed by atoms with Gasteiger partial charge in [0.15, 0.2) is 11.5 Å². The van der Waals surface area contributed by atoms with Crippen molar-refractivity contribution in [1.29, 1.82) is 0 Å². The zero-order valence-electron chi connectivity index (χ0n) is 34.8. The number of piperidine rings is 1. The lowest BCUT2D eigenvalue weighted by Crippen LogP contribution is -2.45. The quantitative estimate of drug-likeness (QED) is 0.110. The molecule has 1 N–H and O–H groups in total. The lowest BCUT2D eigenvalue weighted by molar-refractivity contribution is -0.129. The van der Waals surface area contributed by atoms with Crippen LogP contribution >= 0.6 is 0 Å². The van der Waals surface area contributed by atoms with Crippen LogP contribution in [0.5, 0.6) is 11.5 Å². The van der Waals surface area contributed by atoms with E-state index < -0.39 is 6.03 Å². The van der Waals surface area contributed by atoms with E-state index in [9.17, 15) is 9.59 Å². The number of urea groups is 1. The highest BCUT2D eigenvalue weighted by Gasteiger charge is 2.34. The Labute approximate surface area is 345 Å². The molecule has 5 aromatic rings. The third kappa shape index (κ3) is 8.86. The Bertz CT molecular complexity index is 2240. The number of hydroxylamine groups is 1. The molecule has 59 heavy (non-hydrogen) atoms. The Morgan fingerprint density at radius 1 is 0.915 bits per heavy atom. The summed E-state index contributed by atoms with van der Waals surface area (Å²) in [7, 11) is 2.15. The predicted molar refractivity (Wildman–Crippen MR) is 225 cm³/mol. The number of likely N-dealkylation sites (N-methyl/N-ethyl adjacent to an activating group) is 1. The number of nitrogens with zero attached hydrogens (tertiary/aromatic N) is 9. The van der Waals surface area contributed by atoms with Crippen LogP contribution in [-0.2, 0) is 15.0 Å². The predicted octanol–water partition coefficient (Wildman–Crippen LogP) is 6.48. The Morgan fingerprint density at radius 3 is 2.51 bits per heavy atom. The van der Waals surface area contributed by atoms with Gasteiger partial charge in [-0.2, -0.15) is 5.10 Å². The Kier molecular flexibility index (Phi) is 11.8. The number of pyridine rings is 1. The van der Waals surface area contributed by atoms with Gasteiger partial charge in [-0.15, -0.1) is 15.3 Å². The van der Waals surface area contributed by atoms with Crippen molar-refractivity contribution in [2.45, 2.75) is 83.4 Å². The Morgan fingerprint density at radius 2 is 1.73 bits per heavy atom. The maximum absolute atomic E-state index is 14.3. The van der Waals surface area contributed by atoms with Crippen molar-refractivity contribution in [2.24, 2.45) is 0 Å². The second-order valence-corrected chi connectivity index (χ2v) is 17.0. The molecule has 3 aliphatic rings. The van der Waals surface area contributed by atoms with Crippen LogP contribution in [-0.4, -0.2) is 106 Å². The van der Waals surface area contributed by atoms with Crippen molar-refractivity contribution in [1.82, 2.24) is 39.5 Å². The minimum atomic E-state index is -0.602. The van der Waals surface area contributed by atoms with E-state index in [1.54, 1.807) is 10.7 Å². The molecule has 0 spiro atoms. The van der Waals surface area contributed by atoms with Gasteiger partial charge in [0.25, 0.3) is 0 Å². The van der Waals surface area contributed by atoms with E-state index in [-0.39, 0.29) is 29.9 Å². The normalized spacial score (nSPS) is 20.2. The van der Waals surface area contributed by atoms with E-state index in [2.05, 4.69) is 44.2 Å². The van der Waals surface area contributed by atoms with E-state index in [4.69, 9.17) is 19.4 Å². The van der Waals surface area contributed by atoms with Crippen LogP contribution in [0, 0.1) is 0 Å². The monoisotopic (exact) mass is 804 g/mol. The van der Waals surface area contributed by atoms with Crippen molar-refractivity contribution in [3.63, 3.8) is 0 Å². The highest BCUT2D eigenvalue weighted by Crippen LogP contribution is 2.40. The molecule has 2 aromatic carbocycles. The lowest BCUT2D eigenvalue weighted by Gasteiger charge is -2.34. The number of anilines is 2. The molecule has 2 amide bonds. The average molecular weight is 805 g/mol. The first-order valence-corrected chi connectivity index (χ1v) is 20.9. The molecular formula is C44H56N10O5. The summed E-state index contributed by atoms with van der Waals surface area (Å²) in [4.78, 5) is 38.9. The Hall–Kier alpha value is -5.67. The van der Waals surface area contributed by atoms with Crippen LogP contribution in [0.3, 0.4) is 0 Å². The zero-order chi connectivity index (χ0) is 41.1. The maximum atomic E-state index is 14.3. The molecule has 5 heterocycles. The number of amides is 2. The number of hydrogen-bond donors (Lipinski definition) is 1. The number of hydrogen-bond acceptors (Lipinski definition) is 11. The van der Waals surface area contributed by atoms with Gasteiger partial charge in [0.05, 0.1) is 23.6 Å². The number of nitrogens with one attached hydrogen (secondary N) is 1. The molecule has 8 rings (SSSR count). The molecule has 2 fully saturated rings. The molecule has 15 nitrogen and oxygen atoms in total. The minimum absolute atomic E-state index is 0.250. The number of fused-ring (bicyclic) bond motifs is 2. The van der Waals surface area contributed by atoms with Crippen LogP contribution in [0.1, 0.15) is 88.8 Å². The molecular weight excluding hydrogens is 749 g/mol. The van der Waals surface area contributed by atoms with E-state index in [0.29, 0.717) is 48.4 Å². The summed E-state index contributed by atoms with van der Waals surface area (Å²) in [6, 6.07) is 20.6. The van der Waals surface area contributed by atoms with Gasteiger partial charge in [-0.3, -0.25) is 14.1 Å². The van der Waals surface area contributed by atoms with Crippen molar-refractivity contribution >= 4 is 29.9 Å². The zero-order valence-corrected chi connectivity index (χ0v) is 34.8. The van der Waals surface area contributed by atoms with Crippen LogP contribution in [0.25, 0.3) is 11.3 Å². The summed E-state index contributed by atoms with van der Waals surface area (Å²) >= 11 is 0. The largest absolute Gasteiger partial charge is 0.492 e. The van der Waals surface area contributed by atoms with Crippen molar-refractivity contribution in [2.75, 3.05) is 62.9 Å². The molecule has 1 aliphatic carbocycles. The summed E-state index contributed by atoms with van der Waals surface area (Å²) < 4.78 is 16.5. The number of benzene rings is 2. The fourth-order valence-corrected chi connectivity index (χ4v) is 8.31. The SMILES string of the molecule is C[C@H]1CCCCN1c1nnc2ccc(O[C@@H]3CC[C@H](NC(=O)N(OC=O)c4cc(C(C)(C)C)nn4-c4cccc(OCCN5CCN(C)CC5)c4)c4ccccc43)cn12. The molecule has 2 aliphatic heterocycles. The molecule has 2 saturated heterocycles. The molecule has 312 valence electrons. The molecule has 3 aromatic heterocycles. The number of ether oxygens (including phenoxy) is 2. The number of carbonyl (C=O) groups is 2. The minimum Gasteiger partial charge on any atom is -0.492 e. The fraction of sp³-hybridized carbons (Fsp3) is 0.477. The average Bonchev–Trinajstić information content (AvgIpc) is 3.87. The van der Waals surface area contributed by atoms with Gasteiger partial charge in [-0.1, -0.05) is 51.1 Å². The molecule has 0 saturated carbocycles. The summed E-state index contributed by atoms with van der Waals surface area (Å²) in [5, 5.41) is 18.0. The second-order valence-electron chi connectivity index (χ2n) is 17.0. The second kappa shape index (κ2) is 17.3. The van der Waals surface area contributed by atoms with Crippen LogP contribution in [0.15, 0.2) is 72.9 Å². The number of piperazine rings is 1. The van der Waals surface area contributed by atoms with E-state index in [0.717, 1.165) is 79.9 Å². The number of carbonyl (C=O) groups excluding carboxylic acids is 2. The summed E-state index contributed by atoms with van der Waals surface area (Å²) in [5.74, 6) is 2.50. The third-order valence-corrected chi connectivity index (χ3v) is 11.8.